The van der Waals surface area contributed by atoms with E-state index in [1.54, 1.807) is 0 Å². The molecular formula is C14H20N2O. The van der Waals surface area contributed by atoms with Gasteiger partial charge < -0.3 is 10.6 Å². The smallest absolute Gasteiger partial charge is 0.223 e. The number of amides is 1. The first-order chi connectivity index (χ1) is 8.24. The Bertz CT molecular complexity index is 403. The molecule has 0 aromatic heterocycles. The van der Waals surface area contributed by atoms with Gasteiger partial charge in [-0.05, 0) is 37.4 Å². The van der Waals surface area contributed by atoms with Crippen LogP contribution in [0, 0.1) is 0 Å². The van der Waals surface area contributed by atoms with Gasteiger partial charge in [-0.1, -0.05) is 24.3 Å². The van der Waals surface area contributed by atoms with Crippen LogP contribution >= 0.6 is 0 Å². The molecule has 3 nitrogen and oxygen atoms in total. The summed E-state index contributed by atoms with van der Waals surface area (Å²) in [5.74, 6) is 0.234. The van der Waals surface area contributed by atoms with Crippen LogP contribution in [0.3, 0.4) is 0 Å². The molecule has 2 N–H and O–H groups in total. The number of fused-ring (bicyclic) bond motifs is 1. The van der Waals surface area contributed by atoms with Crippen LogP contribution in [0.15, 0.2) is 24.3 Å². The zero-order valence-electron chi connectivity index (χ0n) is 10.4. The zero-order chi connectivity index (χ0) is 12.3. The van der Waals surface area contributed by atoms with E-state index < -0.39 is 0 Å². The maximum absolute atomic E-state index is 12.0. The highest BCUT2D eigenvalue weighted by Gasteiger charge is 2.26. The average molecular weight is 232 g/mol. The van der Waals surface area contributed by atoms with Crippen molar-refractivity contribution in [2.75, 3.05) is 13.1 Å². The number of nitrogens with two attached hydrogens (primary N) is 1. The predicted molar refractivity (Wildman–Crippen MR) is 68.6 cm³/mol. The lowest BCUT2D eigenvalue weighted by atomic mass is 9.93. The fourth-order valence-electron chi connectivity index (χ4n) is 2.51. The van der Waals surface area contributed by atoms with E-state index in [0.717, 1.165) is 19.4 Å². The Kier molecular flexibility index (Phi) is 3.79. The SMILES string of the molecule is CC1c2ccccc2CCN1C(=O)CCCN. The molecule has 1 atom stereocenters. The Morgan fingerprint density at radius 1 is 1.47 bits per heavy atom. The molecule has 1 aliphatic rings. The van der Waals surface area contributed by atoms with Gasteiger partial charge in [0.2, 0.25) is 5.91 Å². The second kappa shape index (κ2) is 5.32. The van der Waals surface area contributed by atoms with E-state index in [9.17, 15) is 4.79 Å². The number of carbonyl (C=O) groups is 1. The molecule has 1 unspecified atom stereocenters. The molecule has 3 heteroatoms. The van der Waals surface area contributed by atoms with Crippen molar-refractivity contribution in [1.82, 2.24) is 4.90 Å². The van der Waals surface area contributed by atoms with E-state index in [1.165, 1.54) is 11.1 Å². The van der Waals surface area contributed by atoms with E-state index in [4.69, 9.17) is 5.73 Å². The van der Waals surface area contributed by atoms with E-state index in [0.29, 0.717) is 13.0 Å². The van der Waals surface area contributed by atoms with Gasteiger partial charge in [0.1, 0.15) is 0 Å². The first kappa shape index (κ1) is 12.1. The van der Waals surface area contributed by atoms with Crippen molar-refractivity contribution < 1.29 is 4.79 Å². The van der Waals surface area contributed by atoms with Crippen molar-refractivity contribution in [3.63, 3.8) is 0 Å². The minimum Gasteiger partial charge on any atom is -0.336 e. The summed E-state index contributed by atoms with van der Waals surface area (Å²) in [6.07, 6.45) is 2.32. The van der Waals surface area contributed by atoms with Gasteiger partial charge in [0.15, 0.2) is 0 Å². The van der Waals surface area contributed by atoms with Crippen molar-refractivity contribution in [3.05, 3.63) is 35.4 Å². The van der Waals surface area contributed by atoms with Gasteiger partial charge in [0, 0.05) is 13.0 Å². The van der Waals surface area contributed by atoms with Crippen molar-refractivity contribution >= 4 is 5.91 Å². The monoisotopic (exact) mass is 232 g/mol. The average Bonchev–Trinajstić information content (AvgIpc) is 2.37. The highest BCUT2D eigenvalue weighted by Crippen LogP contribution is 2.29. The first-order valence-electron chi connectivity index (χ1n) is 6.31. The Morgan fingerprint density at radius 3 is 3.00 bits per heavy atom. The molecule has 17 heavy (non-hydrogen) atoms. The van der Waals surface area contributed by atoms with E-state index in [2.05, 4.69) is 25.1 Å². The van der Waals surface area contributed by atoms with Crippen LogP contribution in [-0.2, 0) is 11.2 Å². The Labute approximate surface area is 103 Å². The number of benzene rings is 1. The van der Waals surface area contributed by atoms with Crippen LogP contribution < -0.4 is 5.73 Å². The molecule has 0 saturated heterocycles. The third-order valence-electron chi connectivity index (χ3n) is 3.51. The topological polar surface area (TPSA) is 46.3 Å². The molecule has 0 aliphatic carbocycles. The summed E-state index contributed by atoms with van der Waals surface area (Å²) < 4.78 is 0. The van der Waals surface area contributed by atoms with Gasteiger partial charge in [-0.2, -0.15) is 0 Å². The summed E-state index contributed by atoms with van der Waals surface area (Å²) in [4.78, 5) is 14.0. The Morgan fingerprint density at radius 2 is 2.24 bits per heavy atom. The summed E-state index contributed by atoms with van der Waals surface area (Å²) >= 11 is 0. The third kappa shape index (κ3) is 2.50. The number of hydrogen-bond acceptors (Lipinski definition) is 2. The number of hydrogen-bond donors (Lipinski definition) is 1. The Balaban J connectivity index is 2.11. The first-order valence-corrected chi connectivity index (χ1v) is 6.31. The fourth-order valence-corrected chi connectivity index (χ4v) is 2.51. The molecule has 0 bridgehead atoms. The highest BCUT2D eigenvalue weighted by molar-refractivity contribution is 5.77. The van der Waals surface area contributed by atoms with Crippen LogP contribution in [0.4, 0.5) is 0 Å². The van der Waals surface area contributed by atoms with E-state index >= 15 is 0 Å². The highest BCUT2D eigenvalue weighted by atomic mass is 16.2. The van der Waals surface area contributed by atoms with Crippen molar-refractivity contribution in [2.24, 2.45) is 5.73 Å². The van der Waals surface area contributed by atoms with Crippen LogP contribution in [0.25, 0.3) is 0 Å². The second-order valence-corrected chi connectivity index (χ2v) is 4.60. The third-order valence-corrected chi connectivity index (χ3v) is 3.51. The number of rotatable bonds is 3. The predicted octanol–water partition coefficient (Wildman–Crippen LogP) is 1.87. The standard InChI is InChI=1S/C14H20N2O/c1-11-13-6-3-2-5-12(13)8-10-16(11)14(17)7-4-9-15/h2-3,5-6,11H,4,7-10,15H2,1H3. The van der Waals surface area contributed by atoms with Crippen LogP contribution in [0.2, 0.25) is 0 Å². The summed E-state index contributed by atoms with van der Waals surface area (Å²) in [6, 6.07) is 8.60. The van der Waals surface area contributed by atoms with E-state index in [-0.39, 0.29) is 11.9 Å². The van der Waals surface area contributed by atoms with Crippen molar-refractivity contribution in [1.29, 1.82) is 0 Å². The lowest BCUT2D eigenvalue weighted by Gasteiger charge is -2.35. The van der Waals surface area contributed by atoms with Gasteiger partial charge in [0.05, 0.1) is 6.04 Å². The molecular weight excluding hydrogens is 212 g/mol. The van der Waals surface area contributed by atoms with Crippen LogP contribution in [-0.4, -0.2) is 23.9 Å². The Hall–Kier alpha value is -1.35. The maximum atomic E-state index is 12.0. The molecule has 92 valence electrons. The molecule has 0 saturated carbocycles. The van der Waals surface area contributed by atoms with Gasteiger partial charge in [-0.15, -0.1) is 0 Å². The molecule has 2 rings (SSSR count). The van der Waals surface area contributed by atoms with Gasteiger partial charge in [-0.25, -0.2) is 0 Å². The number of nitrogens with zero attached hydrogens (tertiary/aromatic N) is 1. The maximum Gasteiger partial charge on any atom is 0.223 e. The largest absolute Gasteiger partial charge is 0.336 e. The normalized spacial score (nSPS) is 18.9. The minimum atomic E-state index is 0.199. The molecule has 1 aliphatic heterocycles. The molecule has 0 fully saturated rings. The molecule has 1 aromatic rings. The lowest BCUT2D eigenvalue weighted by Crippen LogP contribution is -2.38. The summed E-state index contributed by atoms with van der Waals surface area (Å²) in [7, 11) is 0. The van der Waals surface area contributed by atoms with Crippen LogP contribution in [0.1, 0.15) is 36.9 Å². The molecule has 1 amide bonds. The fraction of sp³-hybridized carbons (Fsp3) is 0.500. The van der Waals surface area contributed by atoms with Crippen molar-refractivity contribution in [3.8, 4) is 0 Å². The van der Waals surface area contributed by atoms with E-state index in [1.807, 2.05) is 11.0 Å². The summed E-state index contributed by atoms with van der Waals surface area (Å²) in [5.41, 5.74) is 8.12. The zero-order valence-corrected chi connectivity index (χ0v) is 10.4. The van der Waals surface area contributed by atoms with Crippen molar-refractivity contribution in [2.45, 2.75) is 32.2 Å². The molecule has 0 spiro atoms. The second-order valence-electron chi connectivity index (χ2n) is 4.60. The quantitative estimate of drug-likeness (QED) is 0.864. The number of carbonyl (C=O) groups excluding carboxylic acids is 1. The molecule has 0 radical (unpaired) electrons. The summed E-state index contributed by atoms with van der Waals surface area (Å²) in [6.45, 7) is 3.53. The summed E-state index contributed by atoms with van der Waals surface area (Å²) in [5, 5.41) is 0. The molecule has 1 heterocycles. The minimum absolute atomic E-state index is 0.199. The van der Waals surface area contributed by atoms with Gasteiger partial charge in [-0.3, -0.25) is 4.79 Å². The molecule has 1 aromatic carbocycles. The van der Waals surface area contributed by atoms with Gasteiger partial charge >= 0.3 is 0 Å². The van der Waals surface area contributed by atoms with Crippen LogP contribution in [0.5, 0.6) is 0 Å². The van der Waals surface area contributed by atoms with Gasteiger partial charge in [0.25, 0.3) is 0 Å². The lowest BCUT2D eigenvalue weighted by molar-refractivity contribution is -0.133.